The number of likely N-dealkylation sites (tertiary alicyclic amines) is 2. The minimum atomic E-state index is -0.220. The first-order valence-corrected chi connectivity index (χ1v) is 15.7. The summed E-state index contributed by atoms with van der Waals surface area (Å²) in [7, 11) is 0. The third kappa shape index (κ3) is 5.07. The molecule has 4 heterocycles. The highest BCUT2D eigenvalue weighted by Gasteiger charge is 2.34. The van der Waals surface area contributed by atoms with Crippen molar-refractivity contribution < 1.29 is 14.4 Å². The summed E-state index contributed by atoms with van der Waals surface area (Å²) in [6.07, 6.45) is 8.21. The standard InChI is InChI=1S/C35H39N5O3/c1-21-31(36-22(2)32(21)35(43)40-17-7-9-25(40)20-39-15-5-6-16-39)19-28-27-18-24(12-14-30(27)38-34(28)42)33(41)37-29-13-11-23-8-3-4-10-26(23)29/h3-4,8,10,12,14,18-19,25,29,36H,5-7,9,11,13,15-17,20H2,1-2H3,(H,37,41)(H,38,42)/b28-19-/t25-,29-/m1/s1. The van der Waals surface area contributed by atoms with Crippen LogP contribution in [0.25, 0.3) is 11.6 Å². The number of aromatic nitrogens is 1. The number of carbonyl (C=O) groups excluding carboxylic acids is 3. The molecule has 3 aromatic rings. The number of aromatic amines is 1. The number of hydrogen-bond donors (Lipinski definition) is 3. The van der Waals surface area contributed by atoms with Gasteiger partial charge in [-0.15, -0.1) is 0 Å². The van der Waals surface area contributed by atoms with Gasteiger partial charge in [0.2, 0.25) is 0 Å². The lowest BCUT2D eigenvalue weighted by atomic mass is 10.0. The lowest BCUT2D eigenvalue weighted by molar-refractivity contribution is -0.110. The number of amides is 3. The Morgan fingerprint density at radius 1 is 1.02 bits per heavy atom. The minimum absolute atomic E-state index is 0.0159. The van der Waals surface area contributed by atoms with E-state index in [1.54, 1.807) is 18.2 Å². The van der Waals surface area contributed by atoms with Crippen LogP contribution in [0.3, 0.4) is 0 Å². The first-order valence-electron chi connectivity index (χ1n) is 15.7. The molecular formula is C35H39N5O3. The molecule has 2 atom stereocenters. The fraction of sp³-hybridized carbons (Fsp3) is 0.400. The van der Waals surface area contributed by atoms with Gasteiger partial charge in [-0.2, -0.15) is 0 Å². The quantitative estimate of drug-likeness (QED) is 0.349. The molecule has 2 aromatic carbocycles. The summed E-state index contributed by atoms with van der Waals surface area (Å²) in [5.41, 5.74) is 7.91. The molecule has 1 aromatic heterocycles. The van der Waals surface area contributed by atoms with Crippen molar-refractivity contribution in [2.45, 2.75) is 64.5 Å². The normalized spacial score (nSPS) is 22.2. The predicted molar refractivity (Wildman–Crippen MR) is 168 cm³/mol. The zero-order chi connectivity index (χ0) is 29.7. The van der Waals surface area contributed by atoms with E-state index in [9.17, 15) is 14.4 Å². The summed E-state index contributed by atoms with van der Waals surface area (Å²) in [6, 6.07) is 13.8. The number of aryl methyl sites for hydroxylation is 2. The first-order chi connectivity index (χ1) is 20.9. The molecule has 7 rings (SSSR count). The molecule has 0 bridgehead atoms. The number of rotatable bonds is 6. The molecule has 43 heavy (non-hydrogen) atoms. The Morgan fingerprint density at radius 2 is 1.84 bits per heavy atom. The second-order valence-electron chi connectivity index (χ2n) is 12.5. The molecule has 4 aliphatic rings. The lowest BCUT2D eigenvalue weighted by Crippen LogP contribution is -2.42. The third-order valence-electron chi connectivity index (χ3n) is 9.79. The molecule has 2 fully saturated rings. The van der Waals surface area contributed by atoms with E-state index in [0.717, 1.165) is 68.8 Å². The van der Waals surface area contributed by atoms with E-state index in [4.69, 9.17) is 0 Å². The smallest absolute Gasteiger partial charge is 0.256 e. The number of nitrogens with one attached hydrogen (secondary N) is 3. The molecular weight excluding hydrogens is 538 g/mol. The number of fused-ring (bicyclic) bond motifs is 2. The monoisotopic (exact) mass is 577 g/mol. The van der Waals surface area contributed by atoms with Crippen LogP contribution in [0.2, 0.25) is 0 Å². The molecule has 0 unspecified atom stereocenters. The Morgan fingerprint density at radius 3 is 2.67 bits per heavy atom. The second-order valence-corrected chi connectivity index (χ2v) is 12.5. The molecule has 8 heteroatoms. The average Bonchev–Trinajstić information content (AvgIpc) is 3.83. The topological polar surface area (TPSA) is 97.5 Å². The van der Waals surface area contributed by atoms with Crippen molar-refractivity contribution in [3.8, 4) is 0 Å². The minimum Gasteiger partial charge on any atom is -0.358 e. The molecule has 3 N–H and O–H groups in total. The van der Waals surface area contributed by atoms with Crippen LogP contribution < -0.4 is 10.6 Å². The SMILES string of the molecule is Cc1[nH]c(/C=C2\C(=O)Nc3ccc(C(=O)N[C@@H]4CCc5ccccc54)cc32)c(C)c1C(=O)N1CCC[C@@H]1CN1CCCC1. The average molecular weight is 578 g/mol. The zero-order valence-corrected chi connectivity index (χ0v) is 25.0. The van der Waals surface area contributed by atoms with E-state index in [2.05, 4.69) is 37.6 Å². The van der Waals surface area contributed by atoms with E-state index >= 15 is 0 Å². The fourth-order valence-corrected chi connectivity index (χ4v) is 7.50. The van der Waals surface area contributed by atoms with Gasteiger partial charge in [-0.05, 0) is 106 Å². The van der Waals surface area contributed by atoms with Crippen molar-refractivity contribution in [3.63, 3.8) is 0 Å². The molecule has 0 spiro atoms. The van der Waals surface area contributed by atoms with Gasteiger partial charge < -0.3 is 25.4 Å². The molecule has 3 amide bonds. The number of benzene rings is 2. The van der Waals surface area contributed by atoms with E-state index in [1.807, 2.05) is 32.1 Å². The van der Waals surface area contributed by atoms with Crippen LogP contribution in [0, 0.1) is 13.8 Å². The van der Waals surface area contributed by atoms with Crippen molar-refractivity contribution in [1.29, 1.82) is 0 Å². The molecule has 0 radical (unpaired) electrons. The third-order valence-corrected chi connectivity index (χ3v) is 9.79. The van der Waals surface area contributed by atoms with Gasteiger partial charge >= 0.3 is 0 Å². The van der Waals surface area contributed by atoms with E-state index < -0.39 is 0 Å². The van der Waals surface area contributed by atoms with Crippen molar-refractivity contribution in [2.24, 2.45) is 0 Å². The molecule has 2 saturated heterocycles. The van der Waals surface area contributed by atoms with Gasteiger partial charge in [0.15, 0.2) is 0 Å². The van der Waals surface area contributed by atoms with Crippen LogP contribution >= 0.6 is 0 Å². The van der Waals surface area contributed by atoms with Gasteiger partial charge in [0, 0.05) is 47.3 Å². The van der Waals surface area contributed by atoms with Crippen LogP contribution in [0.15, 0.2) is 42.5 Å². The Labute approximate surface area is 252 Å². The molecule has 0 saturated carbocycles. The summed E-state index contributed by atoms with van der Waals surface area (Å²) in [6.45, 7) is 7.86. The summed E-state index contributed by atoms with van der Waals surface area (Å²) >= 11 is 0. The summed E-state index contributed by atoms with van der Waals surface area (Å²) in [4.78, 5) is 48.2. The van der Waals surface area contributed by atoms with Gasteiger partial charge in [0.05, 0.1) is 17.2 Å². The highest BCUT2D eigenvalue weighted by Crippen LogP contribution is 2.36. The van der Waals surface area contributed by atoms with Gasteiger partial charge in [-0.3, -0.25) is 14.4 Å². The number of H-pyrrole nitrogens is 1. The fourth-order valence-electron chi connectivity index (χ4n) is 7.50. The van der Waals surface area contributed by atoms with Crippen LogP contribution in [-0.2, 0) is 11.2 Å². The predicted octanol–water partition coefficient (Wildman–Crippen LogP) is 5.24. The second kappa shape index (κ2) is 11.2. The largest absolute Gasteiger partial charge is 0.358 e. The molecule has 1 aliphatic carbocycles. The Kier molecular flexibility index (Phi) is 7.17. The first kappa shape index (κ1) is 27.7. The van der Waals surface area contributed by atoms with Gasteiger partial charge in [0.25, 0.3) is 17.7 Å². The zero-order valence-electron chi connectivity index (χ0n) is 25.0. The summed E-state index contributed by atoms with van der Waals surface area (Å²) < 4.78 is 0. The van der Waals surface area contributed by atoms with E-state index in [1.165, 1.54) is 24.0 Å². The van der Waals surface area contributed by atoms with Crippen LogP contribution in [0.4, 0.5) is 5.69 Å². The summed E-state index contributed by atoms with van der Waals surface area (Å²) in [5.74, 6) is -0.305. The van der Waals surface area contributed by atoms with Crippen molar-refractivity contribution in [2.75, 3.05) is 31.5 Å². The van der Waals surface area contributed by atoms with Crippen LogP contribution in [0.1, 0.15) is 92.5 Å². The highest BCUT2D eigenvalue weighted by molar-refractivity contribution is 6.35. The maximum Gasteiger partial charge on any atom is 0.256 e. The number of hydrogen-bond acceptors (Lipinski definition) is 4. The summed E-state index contributed by atoms with van der Waals surface area (Å²) in [5, 5.41) is 6.12. The van der Waals surface area contributed by atoms with Crippen molar-refractivity contribution in [3.05, 3.63) is 87.2 Å². The number of nitrogens with zero attached hydrogens (tertiary/aromatic N) is 2. The number of carbonyl (C=O) groups is 3. The van der Waals surface area contributed by atoms with Gasteiger partial charge in [-0.25, -0.2) is 0 Å². The van der Waals surface area contributed by atoms with Crippen LogP contribution in [0.5, 0.6) is 0 Å². The molecule has 8 nitrogen and oxygen atoms in total. The molecule has 222 valence electrons. The number of anilines is 1. The Hall–Kier alpha value is -4.17. The highest BCUT2D eigenvalue weighted by atomic mass is 16.2. The Balaban J connectivity index is 1.13. The molecule has 3 aliphatic heterocycles. The van der Waals surface area contributed by atoms with Crippen LogP contribution in [-0.4, -0.2) is 64.7 Å². The van der Waals surface area contributed by atoms with Crippen molar-refractivity contribution in [1.82, 2.24) is 20.1 Å². The van der Waals surface area contributed by atoms with E-state index in [-0.39, 0.29) is 29.8 Å². The maximum atomic E-state index is 13.9. The van der Waals surface area contributed by atoms with Gasteiger partial charge in [0.1, 0.15) is 0 Å². The van der Waals surface area contributed by atoms with E-state index in [0.29, 0.717) is 28.0 Å². The maximum absolute atomic E-state index is 13.9. The Bertz CT molecular complexity index is 1650. The lowest BCUT2D eigenvalue weighted by Gasteiger charge is -2.28. The van der Waals surface area contributed by atoms with Gasteiger partial charge in [-0.1, -0.05) is 24.3 Å². The van der Waals surface area contributed by atoms with Crippen molar-refractivity contribution >= 4 is 35.1 Å².